The first-order valence-electron chi connectivity index (χ1n) is 9.13. The second-order valence-electron chi connectivity index (χ2n) is 6.93. The van der Waals surface area contributed by atoms with Gasteiger partial charge in [-0.25, -0.2) is 8.42 Å². The lowest BCUT2D eigenvalue weighted by atomic mass is 10.1. The molecule has 28 heavy (non-hydrogen) atoms. The van der Waals surface area contributed by atoms with Crippen LogP contribution >= 0.6 is 11.8 Å². The normalized spacial score (nSPS) is 22.4. The molecule has 1 saturated heterocycles. The number of fused-ring (bicyclic) bond motifs is 1. The summed E-state index contributed by atoms with van der Waals surface area (Å²) >= 11 is 1.48. The predicted molar refractivity (Wildman–Crippen MR) is 114 cm³/mol. The van der Waals surface area contributed by atoms with Crippen LogP contribution in [0.4, 0.5) is 5.69 Å². The highest BCUT2D eigenvalue weighted by Crippen LogP contribution is 2.34. The van der Waals surface area contributed by atoms with Crippen LogP contribution in [0, 0.1) is 0 Å². The molecule has 0 unspecified atom stereocenters. The van der Waals surface area contributed by atoms with Crippen LogP contribution in [-0.4, -0.2) is 48.8 Å². The zero-order valence-electron chi connectivity index (χ0n) is 15.2. The third-order valence-corrected chi connectivity index (χ3v) is 7.90. The molecular formula is C20H21N3O3S2. The molecule has 8 heteroatoms. The number of amides is 1. The van der Waals surface area contributed by atoms with Crippen molar-refractivity contribution in [1.82, 2.24) is 5.32 Å². The number of thioether (sulfide) groups is 1. The minimum absolute atomic E-state index is 0.0159. The van der Waals surface area contributed by atoms with Gasteiger partial charge in [-0.1, -0.05) is 42.1 Å². The van der Waals surface area contributed by atoms with Crippen LogP contribution in [-0.2, 0) is 16.3 Å². The summed E-state index contributed by atoms with van der Waals surface area (Å²) in [5.74, 6) is 0.228. The number of nitrogens with zero attached hydrogens (tertiary/aromatic N) is 1. The molecule has 1 amide bonds. The second kappa shape index (κ2) is 7.97. The van der Waals surface area contributed by atoms with Gasteiger partial charge in [0, 0.05) is 23.0 Å². The number of carbonyl (C=O) groups excluding carboxylic acids is 1. The van der Waals surface area contributed by atoms with Gasteiger partial charge in [-0.3, -0.25) is 9.79 Å². The Morgan fingerprint density at radius 3 is 2.54 bits per heavy atom. The van der Waals surface area contributed by atoms with E-state index < -0.39 is 9.84 Å². The zero-order chi connectivity index (χ0) is 19.6. The maximum Gasteiger partial charge on any atom is 0.251 e. The number of sulfone groups is 1. The fraction of sp³-hybridized carbons (Fsp3) is 0.300. The van der Waals surface area contributed by atoms with Gasteiger partial charge < -0.3 is 10.6 Å². The van der Waals surface area contributed by atoms with Crippen LogP contribution in [0.15, 0.2) is 59.6 Å². The summed E-state index contributed by atoms with van der Waals surface area (Å²) in [6.45, 7) is 0.585. The molecule has 2 aliphatic heterocycles. The highest BCUT2D eigenvalue weighted by atomic mass is 32.2. The van der Waals surface area contributed by atoms with E-state index in [0.29, 0.717) is 12.1 Å². The van der Waals surface area contributed by atoms with Crippen LogP contribution in [0.3, 0.4) is 0 Å². The van der Waals surface area contributed by atoms with Gasteiger partial charge in [0.05, 0.1) is 17.5 Å². The number of aliphatic imine (C=N–C) groups is 1. The van der Waals surface area contributed by atoms with Crippen LogP contribution in [0.5, 0.6) is 0 Å². The van der Waals surface area contributed by atoms with Crippen molar-refractivity contribution < 1.29 is 13.2 Å². The van der Waals surface area contributed by atoms with Gasteiger partial charge in [0.2, 0.25) is 0 Å². The number of hydrogen-bond acceptors (Lipinski definition) is 6. The molecule has 146 valence electrons. The largest absolute Gasteiger partial charge is 0.352 e. The van der Waals surface area contributed by atoms with E-state index in [9.17, 15) is 13.2 Å². The van der Waals surface area contributed by atoms with E-state index in [2.05, 4.69) is 15.6 Å². The van der Waals surface area contributed by atoms with E-state index >= 15 is 0 Å². The SMILES string of the molecule is O=C(NCCc1ccccc1)c1ccc(NC2=N[C@H]3CS(=O)(=O)C[C@H]3S2)cc1. The Morgan fingerprint density at radius 1 is 1.07 bits per heavy atom. The molecule has 2 aromatic rings. The Morgan fingerprint density at radius 2 is 1.82 bits per heavy atom. The van der Waals surface area contributed by atoms with Gasteiger partial charge in [0.1, 0.15) is 0 Å². The van der Waals surface area contributed by atoms with Crippen molar-refractivity contribution in [2.24, 2.45) is 4.99 Å². The molecule has 2 heterocycles. The van der Waals surface area contributed by atoms with Crippen molar-refractivity contribution in [1.29, 1.82) is 0 Å². The number of benzene rings is 2. The predicted octanol–water partition coefficient (Wildman–Crippen LogP) is 2.34. The molecule has 2 atom stereocenters. The molecule has 2 N–H and O–H groups in total. The van der Waals surface area contributed by atoms with E-state index in [1.54, 1.807) is 12.1 Å². The van der Waals surface area contributed by atoms with E-state index in [1.165, 1.54) is 17.3 Å². The third kappa shape index (κ3) is 4.56. The maximum atomic E-state index is 12.3. The van der Waals surface area contributed by atoms with Gasteiger partial charge in [0.25, 0.3) is 5.91 Å². The van der Waals surface area contributed by atoms with E-state index in [1.807, 2.05) is 42.5 Å². The van der Waals surface area contributed by atoms with Crippen molar-refractivity contribution in [3.05, 3.63) is 65.7 Å². The summed E-state index contributed by atoms with van der Waals surface area (Å²) in [5, 5.41) is 6.90. The van der Waals surface area contributed by atoms with Crippen molar-refractivity contribution in [2.75, 3.05) is 23.4 Å². The van der Waals surface area contributed by atoms with Gasteiger partial charge >= 0.3 is 0 Å². The van der Waals surface area contributed by atoms with Crippen molar-refractivity contribution >= 4 is 38.4 Å². The average molecular weight is 416 g/mol. The number of rotatable bonds is 5. The molecule has 0 aromatic heterocycles. The van der Waals surface area contributed by atoms with Gasteiger partial charge in [0.15, 0.2) is 15.0 Å². The molecule has 2 aliphatic rings. The number of nitrogens with one attached hydrogen (secondary N) is 2. The summed E-state index contributed by atoms with van der Waals surface area (Å²) in [6, 6.07) is 17.1. The third-order valence-electron chi connectivity index (χ3n) is 4.76. The smallest absolute Gasteiger partial charge is 0.251 e. The molecule has 0 spiro atoms. The van der Waals surface area contributed by atoms with E-state index in [0.717, 1.165) is 17.3 Å². The number of anilines is 1. The van der Waals surface area contributed by atoms with E-state index in [-0.39, 0.29) is 28.7 Å². The standard InChI is InChI=1S/C20H21N3O3S2/c24-19(21-11-10-14-4-2-1-3-5-14)15-6-8-16(9-7-15)22-20-23-17-12-28(25,26)13-18(17)27-20/h1-9,17-18H,10-13H2,(H,21,24)(H,22,23)/t17-,18+/m0/s1. The first-order chi connectivity index (χ1) is 13.5. The first-order valence-corrected chi connectivity index (χ1v) is 11.8. The Hall–Kier alpha value is -2.32. The monoisotopic (exact) mass is 415 g/mol. The van der Waals surface area contributed by atoms with Crippen molar-refractivity contribution in [3.8, 4) is 0 Å². The molecule has 6 nitrogen and oxygen atoms in total. The molecule has 1 fully saturated rings. The summed E-state index contributed by atoms with van der Waals surface area (Å²) in [6.07, 6.45) is 0.793. The number of carbonyl (C=O) groups is 1. The zero-order valence-corrected chi connectivity index (χ0v) is 16.8. The Bertz CT molecular complexity index is 989. The average Bonchev–Trinajstić information content (AvgIpc) is 3.15. The number of amidine groups is 1. The molecule has 0 bridgehead atoms. The molecule has 0 saturated carbocycles. The maximum absolute atomic E-state index is 12.3. The second-order valence-corrected chi connectivity index (χ2v) is 10.3. The fourth-order valence-corrected chi connectivity index (χ4v) is 6.99. The molecule has 2 aromatic carbocycles. The van der Waals surface area contributed by atoms with Crippen LogP contribution in [0.25, 0.3) is 0 Å². The summed E-state index contributed by atoms with van der Waals surface area (Å²) in [4.78, 5) is 16.7. The number of hydrogen-bond donors (Lipinski definition) is 2. The summed E-state index contributed by atoms with van der Waals surface area (Å²) in [5.41, 5.74) is 2.62. The Labute approximate surface area is 168 Å². The molecule has 0 radical (unpaired) electrons. The molecule has 4 rings (SSSR count). The lowest BCUT2D eigenvalue weighted by Crippen LogP contribution is -2.25. The minimum Gasteiger partial charge on any atom is -0.352 e. The summed E-state index contributed by atoms with van der Waals surface area (Å²) < 4.78 is 23.3. The van der Waals surface area contributed by atoms with Crippen molar-refractivity contribution in [2.45, 2.75) is 17.7 Å². The lowest BCUT2D eigenvalue weighted by Gasteiger charge is -2.09. The lowest BCUT2D eigenvalue weighted by molar-refractivity contribution is 0.0954. The highest BCUT2D eigenvalue weighted by molar-refractivity contribution is 8.15. The van der Waals surface area contributed by atoms with Crippen LogP contribution < -0.4 is 10.6 Å². The van der Waals surface area contributed by atoms with Gasteiger partial charge in [-0.15, -0.1) is 0 Å². The topological polar surface area (TPSA) is 87.6 Å². The highest BCUT2D eigenvalue weighted by Gasteiger charge is 2.42. The fourth-order valence-electron chi connectivity index (χ4n) is 3.31. The molecule has 0 aliphatic carbocycles. The van der Waals surface area contributed by atoms with Crippen molar-refractivity contribution in [3.63, 3.8) is 0 Å². The van der Waals surface area contributed by atoms with Gasteiger partial charge in [-0.05, 0) is 36.2 Å². The Kier molecular flexibility index (Phi) is 5.41. The molecular weight excluding hydrogens is 394 g/mol. The van der Waals surface area contributed by atoms with E-state index in [4.69, 9.17) is 0 Å². The van der Waals surface area contributed by atoms with Crippen LogP contribution in [0.2, 0.25) is 0 Å². The Balaban J connectivity index is 1.29. The van der Waals surface area contributed by atoms with Crippen LogP contribution in [0.1, 0.15) is 15.9 Å². The van der Waals surface area contributed by atoms with Gasteiger partial charge in [-0.2, -0.15) is 0 Å². The summed E-state index contributed by atoms with van der Waals surface area (Å²) in [7, 11) is -2.94. The quantitative estimate of drug-likeness (QED) is 0.783. The first kappa shape index (κ1) is 19.0. The minimum atomic E-state index is -2.94.